The van der Waals surface area contributed by atoms with Crippen LogP contribution in [0.1, 0.15) is 24.6 Å². The minimum Gasteiger partial charge on any atom is -0.341 e. The molecule has 3 rings (SSSR count). The van der Waals surface area contributed by atoms with Crippen molar-refractivity contribution in [2.75, 3.05) is 6.54 Å². The largest absolute Gasteiger partial charge is 0.341 e. The Bertz CT molecular complexity index is 498. The number of hydrogen-bond donors (Lipinski definition) is 2. The Morgan fingerprint density at radius 1 is 1.24 bits per heavy atom. The molecule has 0 saturated carbocycles. The smallest absolute Gasteiger partial charge is 0.137 e. The van der Waals surface area contributed by atoms with Crippen LogP contribution in [0.5, 0.6) is 0 Å². The molecule has 0 aliphatic carbocycles. The molecular formula is C13H14BrN3. The van der Waals surface area contributed by atoms with Crippen LogP contribution in [0, 0.1) is 0 Å². The van der Waals surface area contributed by atoms with Gasteiger partial charge in [0.05, 0.1) is 11.9 Å². The number of H-pyrrole nitrogens is 1. The molecule has 3 nitrogen and oxygen atoms in total. The quantitative estimate of drug-likeness (QED) is 0.892. The molecule has 0 radical (unpaired) electrons. The SMILES string of the molecule is Brc1ccc(-c2ncc([C@@H]3CCCN3)[nH]2)cc1. The second-order valence-electron chi connectivity index (χ2n) is 4.34. The van der Waals surface area contributed by atoms with Gasteiger partial charge in [-0.3, -0.25) is 0 Å². The predicted octanol–water partition coefficient (Wildman–Crippen LogP) is 3.26. The lowest BCUT2D eigenvalue weighted by Crippen LogP contribution is -2.12. The molecule has 0 unspecified atom stereocenters. The summed E-state index contributed by atoms with van der Waals surface area (Å²) >= 11 is 3.44. The first-order valence-corrected chi connectivity index (χ1v) is 6.66. The van der Waals surface area contributed by atoms with Crippen LogP contribution >= 0.6 is 15.9 Å². The van der Waals surface area contributed by atoms with E-state index in [4.69, 9.17) is 0 Å². The molecule has 0 bridgehead atoms. The number of aromatic nitrogens is 2. The predicted molar refractivity (Wildman–Crippen MR) is 71.7 cm³/mol. The van der Waals surface area contributed by atoms with Gasteiger partial charge in [-0.25, -0.2) is 4.98 Å². The first-order valence-electron chi connectivity index (χ1n) is 5.87. The van der Waals surface area contributed by atoms with E-state index in [2.05, 4.69) is 43.3 Å². The Morgan fingerprint density at radius 3 is 2.76 bits per heavy atom. The summed E-state index contributed by atoms with van der Waals surface area (Å²) in [5.74, 6) is 0.946. The van der Waals surface area contributed by atoms with Crippen LogP contribution in [0.15, 0.2) is 34.9 Å². The van der Waals surface area contributed by atoms with Gasteiger partial charge >= 0.3 is 0 Å². The molecule has 1 aromatic heterocycles. The zero-order valence-electron chi connectivity index (χ0n) is 9.41. The molecule has 0 amide bonds. The number of halogens is 1. The zero-order valence-corrected chi connectivity index (χ0v) is 11.0. The van der Waals surface area contributed by atoms with E-state index < -0.39 is 0 Å². The minimum absolute atomic E-state index is 0.451. The number of imidazole rings is 1. The summed E-state index contributed by atoms with van der Waals surface area (Å²) in [5.41, 5.74) is 2.32. The van der Waals surface area contributed by atoms with Crippen LogP contribution in [0.2, 0.25) is 0 Å². The van der Waals surface area contributed by atoms with Crippen LogP contribution in [0.25, 0.3) is 11.4 Å². The van der Waals surface area contributed by atoms with Crippen molar-refractivity contribution in [3.05, 3.63) is 40.6 Å². The highest BCUT2D eigenvalue weighted by molar-refractivity contribution is 9.10. The Labute approximate surface area is 109 Å². The van der Waals surface area contributed by atoms with Gasteiger partial charge in [-0.15, -0.1) is 0 Å². The van der Waals surface area contributed by atoms with Crippen LogP contribution < -0.4 is 5.32 Å². The van der Waals surface area contributed by atoms with Crippen molar-refractivity contribution >= 4 is 15.9 Å². The first-order chi connectivity index (χ1) is 8.33. The fourth-order valence-electron chi connectivity index (χ4n) is 2.22. The molecule has 1 fully saturated rings. The van der Waals surface area contributed by atoms with E-state index in [-0.39, 0.29) is 0 Å². The van der Waals surface area contributed by atoms with Crippen molar-refractivity contribution in [2.45, 2.75) is 18.9 Å². The van der Waals surface area contributed by atoms with Crippen molar-refractivity contribution in [2.24, 2.45) is 0 Å². The third kappa shape index (κ3) is 2.28. The fraction of sp³-hybridized carbons (Fsp3) is 0.308. The van der Waals surface area contributed by atoms with Gasteiger partial charge in [0.15, 0.2) is 0 Å². The lowest BCUT2D eigenvalue weighted by atomic mass is 10.2. The summed E-state index contributed by atoms with van der Waals surface area (Å²) in [4.78, 5) is 7.85. The summed E-state index contributed by atoms with van der Waals surface area (Å²) in [6.45, 7) is 1.11. The third-order valence-electron chi connectivity index (χ3n) is 3.15. The monoisotopic (exact) mass is 291 g/mol. The van der Waals surface area contributed by atoms with Crippen molar-refractivity contribution < 1.29 is 0 Å². The van der Waals surface area contributed by atoms with Gasteiger partial charge in [0.25, 0.3) is 0 Å². The van der Waals surface area contributed by atoms with E-state index >= 15 is 0 Å². The molecule has 88 valence electrons. The number of nitrogens with zero attached hydrogens (tertiary/aromatic N) is 1. The van der Waals surface area contributed by atoms with Crippen LogP contribution in [-0.4, -0.2) is 16.5 Å². The van der Waals surface area contributed by atoms with Crippen LogP contribution in [0.3, 0.4) is 0 Å². The van der Waals surface area contributed by atoms with Gasteiger partial charge < -0.3 is 10.3 Å². The highest BCUT2D eigenvalue weighted by atomic mass is 79.9. The summed E-state index contributed by atoms with van der Waals surface area (Å²) < 4.78 is 1.09. The van der Waals surface area contributed by atoms with Crippen molar-refractivity contribution in [3.63, 3.8) is 0 Å². The Kier molecular flexibility index (Phi) is 2.99. The number of benzene rings is 1. The molecule has 2 aromatic rings. The summed E-state index contributed by atoms with van der Waals surface area (Å²) in [6, 6.07) is 8.65. The third-order valence-corrected chi connectivity index (χ3v) is 3.68. The summed E-state index contributed by atoms with van der Waals surface area (Å²) in [6.07, 6.45) is 4.39. The van der Waals surface area contributed by atoms with Gasteiger partial charge in [0.1, 0.15) is 5.82 Å². The molecule has 4 heteroatoms. The minimum atomic E-state index is 0.451. The average Bonchev–Trinajstić information content (AvgIpc) is 3.00. The molecule has 2 N–H and O–H groups in total. The lowest BCUT2D eigenvalue weighted by Gasteiger charge is -2.06. The molecule has 1 atom stereocenters. The Hall–Kier alpha value is -1.13. The van der Waals surface area contributed by atoms with Gasteiger partial charge in [0.2, 0.25) is 0 Å². The maximum Gasteiger partial charge on any atom is 0.137 e. The van der Waals surface area contributed by atoms with Crippen LogP contribution in [-0.2, 0) is 0 Å². The summed E-state index contributed by atoms with van der Waals surface area (Å²) in [5, 5.41) is 3.47. The molecule has 1 aliphatic rings. The second kappa shape index (κ2) is 4.63. The van der Waals surface area contributed by atoms with E-state index in [9.17, 15) is 0 Å². The molecule has 1 saturated heterocycles. The zero-order chi connectivity index (χ0) is 11.7. The fourth-order valence-corrected chi connectivity index (χ4v) is 2.48. The Morgan fingerprint density at radius 2 is 2.06 bits per heavy atom. The van der Waals surface area contributed by atoms with E-state index in [1.54, 1.807) is 0 Å². The lowest BCUT2D eigenvalue weighted by molar-refractivity contribution is 0.632. The van der Waals surface area contributed by atoms with E-state index in [0.717, 1.165) is 22.4 Å². The average molecular weight is 292 g/mol. The van der Waals surface area contributed by atoms with Crippen molar-refractivity contribution in [3.8, 4) is 11.4 Å². The molecular weight excluding hydrogens is 278 g/mol. The number of rotatable bonds is 2. The number of hydrogen-bond acceptors (Lipinski definition) is 2. The van der Waals surface area contributed by atoms with E-state index in [0.29, 0.717) is 6.04 Å². The standard InChI is InChI=1S/C13H14BrN3/c14-10-5-3-9(4-6-10)13-16-8-12(17-13)11-2-1-7-15-11/h3-6,8,11,15H,1-2,7H2,(H,16,17)/t11-/m0/s1. The first kappa shape index (κ1) is 11.0. The highest BCUT2D eigenvalue weighted by Gasteiger charge is 2.18. The van der Waals surface area contributed by atoms with Gasteiger partial charge in [-0.05, 0) is 31.5 Å². The molecule has 0 spiro atoms. The van der Waals surface area contributed by atoms with Crippen molar-refractivity contribution in [1.29, 1.82) is 0 Å². The van der Waals surface area contributed by atoms with Gasteiger partial charge in [-0.2, -0.15) is 0 Å². The van der Waals surface area contributed by atoms with Crippen molar-refractivity contribution in [1.82, 2.24) is 15.3 Å². The number of nitrogens with one attached hydrogen (secondary N) is 2. The second-order valence-corrected chi connectivity index (χ2v) is 5.26. The molecule has 2 heterocycles. The molecule has 1 aromatic carbocycles. The summed E-state index contributed by atoms with van der Waals surface area (Å²) in [7, 11) is 0. The Balaban J connectivity index is 1.86. The van der Waals surface area contributed by atoms with E-state index in [1.807, 2.05) is 18.3 Å². The topological polar surface area (TPSA) is 40.7 Å². The van der Waals surface area contributed by atoms with E-state index in [1.165, 1.54) is 18.5 Å². The maximum atomic E-state index is 4.45. The van der Waals surface area contributed by atoms with Gasteiger partial charge in [0, 0.05) is 16.1 Å². The van der Waals surface area contributed by atoms with Gasteiger partial charge in [-0.1, -0.05) is 28.1 Å². The van der Waals surface area contributed by atoms with Crippen LogP contribution in [0.4, 0.5) is 0 Å². The molecule has 17 heavy (non-hydrogen) atoms. The molecule has 1 aliphatic heterocycles. The normalized spacial score (nSPS) is 19.7. The number of aromatic amines is 1. The highest BCUT2D eigenvalue weighted by Crippen LogP contribution is 2.24. The maximum absolute atomic E-state index is 4.45.